The number of aromatic nitrogens is 2. The molecule has 2 aromatic rings. The van der Waals surface area contributed by atoms with Crippen molar-refractivity contribution in [3.8, 4) is 0 Å². The van der Waals surface area contributed by atoms with Gasteiger partial charge in [0.05, 0.1) is 29.1 Å². The lowest BCUT2D eigenvalue weighted by molar-refractivity contribution is -0.119. The lowest BCUT2D eigenvalue weighted by atomic mass is 9.68. The third kappa shape index (κ3) is 4.80. The summed E-state index contributed by atoms with van der Waals surface area (Å²) < 4.78 is 24.3. The number of rotatable bonds is 7. The molecule has 4 rings (SSSR count). The summed E-state index contributed by atoms with van der Waals surface area (Å²) in [5, 5.41) is 15.4. The summed E-state index contributed by atoms with van der Waals surface area (Å²) in [5.41, 5.74) is 1.81. The van der Waals surface area contributed by atoms with E-state index in [1.165, 1.54) is 24.8 Å². The van der Waals surface area contributed by atoms with Gasteiger partial charge in [0, 0.05) is 18.6 Å². The maximum absolute atomic E-state index is 13.9. The van der Waals surface area contributed by atoms with Crippen LogP contribution < -0.4 is 5.32 Å². The predicted molar refractivity (Wildman–Crippen MR) is 125 cm³/mol. The first-order chi connectivity index (χ1) is 15.7. The highest BCUT2D eigenvalue weighted by Crippen LogP contribution is 2.42. The van der Waals surface area contributed by atoms with Crippen LogP contribution in [0, 0.1) is 12.8 Å². The van der Waals surface area contributed by atoms with Gasteiger partial charge in [-0.05, 0) is 62.1 Å². The number of carbonyl (C=O) groups excluding carboxylic acids is 1. The number of hydrogen-bond acceptors (Lipinski definition) is 8. The van der Waals surface area contributed by atoms with Crippen LogP contribution in [0.2, 0.25) is 0 Å². The Kier molecular flexibility index (Phi) is 6.29. The summed E-state index contributed by atoms with van der Waals surface area (Å²) in [6, 6.07) is 5.09. The number of oxime groups is 1. The Balaban J connectivity index is 1.76. The maximum atomic E-state index is 13.9. The first kappa shape index (κ1) is 23.0. The number of aryl methyl sites for hydroxylation is 1. The van der Waals surface area contributed by atoms with Crippen molar-refractivity contribution in [2.24, 2.45) is 16.1 Å². The molecule has 9 nitrogen and oxygen atoms in total. The minimum absolute atomic E-state index is 0.210. The van der Waals surface area contributed by atoms with Gasteiger partial charge in [-0.25, -0.2) is 13.4 Å². The topological polar surface area (TPSA) is 134 Å². The molecular formula is C23H27N5O4S. The summed E-state index contributed by atoms with van der Waals surface area (Å²) in [7, 11) is -3.39. The average molecular weight is 470 g/mol. The lowest BCUT2D eigenvalue weighted by Crippen LogP contribution is -2.46. The number of hydrogen-bond donors (Lipinski definition) is 2. The van der Waals surface area contributed by atoms with Crippen molar-refractivity contribution in [2.45, 2.75) is 49.3 Å². The minimum Gasteiger partial charge on any atom is -0.411 e. The fraction of sp³-hybridized carbons (Fsp3) is 0.435. The molecule has 2 aliphatic rings. The SMILES string of the molecule is Cc1cc(C(CC2CCC(=NO)CC2)(C(=O)Nc2cnccn2)C2=NC2)ccc1S(C)(=O)=O. The van der Waals surface area contributed by atoms with Crippen LogP contribution >= 0.6 is 0 Å². The highest BCUT2D eigenvalue weighted by atomic mass is 32.2. The fourth-order valence-electron chi connectivity index (χ4n) is 4.73. The number of amides is 1. The zero-order chi connectivity index (χ0) is 23.6. The van der Waals surface area contributed by atoms with Gasteiger partial charge >= 0.3 is 0 Å². The first-order valence-electron chi connectivity index (χ1n) is 10.9. The van der Waals surface area contributed by atoms with Gasteiger partial charge in [-0.1, -0.05) is 17.3 Å². The number of benzene rings is 1. The van der Waals surface area contributed by atoms with Crippen molar-refractivity contribution in [3.05, 3.63) is 47.9 Å². The van der Waals surface area contributed by atoms with E-state index in [1.54, 1.807) is 25.1 Å². The van der Waals surface area contributed by atoms with Gasteiger partial charge in [-0.15, -0.1) is 0 Å². The van der Waals surface area contributed by atoms with Crippen LogP contribution in [0.4, 0.5) is 5.82 Å². The van der Waals surface area contributed by atoms with Crippen molar-refractivity contribution in [1.82, 2.24) is 9.97 Å². The Morgan fingerprint density at radius 2 is 2.00 bits per heavy atom. The van der Waals surface area contributed by atoms with Gasteiger partial charge in [0.1, 0.15) is 5.41 Å². The van der Waals surface area contributed by atoms with Crippen molar-refractivity contribution >= 4 is 33.0 Å². The molecule has 0 spiro atoms. The molecule has 1 aliphatic carbocycles. The third-order valence-corrected chi connectivity index (χ3v) is 7.74. The van der Waals surface area contributed by atoms with Crippen molar-refractivity contribution in [1.29, 1.82) is 0 Å². The second-order valence-corrected chi connectivity index (χ2v) is 10.8. The van der Waals surface area contributed by atoms with Crippen molar-refractivity contribution < 1.29 is 18.4 Å². The second-order valence-electron chi connectivity index (χ2n) is 8.78. The molecule has 0 saturated heterocycles. The van der Waals surface area contributed by atoms with E-state index in [4.69, 9.17) is 5.21 Å². The second kappa shape index (κ2) is 9.01. The molecule has 0 bridgehead atoms. The van der Waals surface area contributed by atoms with Gasteiger partial charge in [0.15, 0.2) is 15.7 Å². The van der Waals surface area contributed by atoms with E-state index in [0.29, 0.717) is 42.8 Å². The van der Waals surface area contributed by atoms with Crippen LogP contribution in [0.5, 0.6) is 0 Å². The summed E-state index contributed by atoms with van der Waals surface area (Å²) in [5.74, 6) is 0.296. The maximum Gasteiger partial charge on any atom is 0.242 e. The monoisotopic (exact) mass is 469 g/mol. The van der Waals surface area contributed by atoms with Crippen LogP contribution in [-0.2, 0) is 20.0 Å². The molecule has 2 N–H and O–H groups in total. The Hall–Kier alpha value is -3.14. The molecule has 33 heavy (non-hydrogen) atoms. The third-order valence-electron chi connectivity index (χ3n) is 6.49. The smallest absolute Gasteiger partial charge is 0.242 e. The summed E-state index contributed by atoms with van der Waals surface area (Å²) in [6.45, 7) is 2.22. The molecule has 1 aromatic heterocycles. The molecule has 0 radical (unpaired) electrons. The number of anilines is 1. The molecule has 1 atom stereocenters. The van der Waals surface area contributed by atoms with E-state index >= 15 is 0 Å². The fourth-order valence-corrected chi connectivity index (χ4v) is 5.69. The zero-order valence-corrected chi connectivity index (χ0v) is 19.5. The summed E-state index contributed by atoms with van der Waals surface area (Å²) >= 11 is 0. The number of nitrogens with one attached hydrogen (secondary N) is 1. The van der Waals surface area contributed by atoms with Gasteiger partial charge in [0.25, 0.3) is 0 Å². The van der Waals surface area contributed by atoms with E-state index in [2.05, 4.69) is 25.4 Å². The van der Waals surface area contributed by atoms with Crippen LogP contribution in [0.25, 0.3) is 0 Å². The molecule has 1 unspecified atom stereocenters. The van der Waals surface area contributed by atoms with E-state index in [9.17, 15) is 13.2 Å². The first-order valence-corrected chi connectivity index (χ1v) is 12.8. The Morgan fingerprint density at radius 3 is 2.55 bits per heavy atom. The van der Waals surface area contributed by atoms with Crippen molar-refractivity contribution in [3.63, 3.8) is 0 Å². The standard InChI is InChI=1S/C23H27N5O4S/c1-15-11-17(5-8-19(15)33(2,31)32)23(20-13-26-20,12-16-3-6-18(28-30)7-4-16)22(29)27-21-14-24-9-10-25-21/h5,8-11,14,16,30H,3-4,6-7,12-13H2,1-2H3,(H,25,27,29). The van der Waals surface area contributed by atoms with Crippen molar-refractivity contribution in [2.75, 3.05) is 18.1 Å². The van der Waals surface area contributed by atoms with Gasteiger partial charge in [-0.3, -0.25) is 14.8 Å². The van der Waals surface area contributed by atoms with Crippen LogP contribution in [0.3, 0.4) is 0 Å². The molecule has 1 aromatic carbocycles. The van der Waals surface area contributed by atoms with Crippen LogP contribution in [0.15, 0.2) is 51.8 Å². The van der Waals surface area contributed by atoms with E-state index in [1.807, 2.05) is 0 Å². The number of aliphatic imine (C=N–C) groups is 1. The Morgan fingerprint density at radius 1 is 1.27 bits per heavy atom. The predicted octanol–water partition coefficient (Wildman–Crippen LogP) is 2.93. The molecule has 1 amide bonds. The molecule has 174 valence electrons. The normalized spacial score (nSPS) is 19.9. The number of carbonyl (C=O) groups is 1. The quantitative estimate of drug-likeness (QED) is 0.473. The Labute approximate surface area is 193 Å². The summed E-state index contributed by atoms with van der Waals surface area (Å²) in [6.07, 6.45) is 9.19. The van der Waals surface area contributed by atoms with Crippen LogP contribution in [-0.4, -0.2) is 53.7 Å². The van der Waals surface area contributed by atoms with Gasteiger partial charge in [-0.2, -0.15) is 0 Å². The largest absolute Gasteiger partial charge is 0.411 e. The molecule has 1 fully saturated rings. The molecule has 10 heteroatoms. The molecular weight excluding hydrogens is 442 g/mol. The molecule has 1 saturated carbocycles. The summed E-state index contributed by atoms with van der Waals surface area (Å²) in [4.78, 5) is 26.8. The molecule has 2 heterocycles. The van der Waals surface area contributed by atoms with Gasteiger partial charge in [0.2, 0.25) is 5.91 Å². The van der Waals surface area contributed by atoms with Gasteiger partial charge < -0.3 is 10.5 Å². The highest BCUT2D eigenvalue weighted by molar-refractivity contribution is 7.90. The Bertz CT molecular complexity index is 1220. The number of sulfone groups is 1. The number of nitrogens with zero attached hydrogens (tertiary/aromatic N) is 4. The van der Waals surface area contributed by atoms with Crippen LogP contribution in [0.1, 0.15) is 43.2 Å². The highest BCUT2D eigenvalue weighted by Gasteiger charge is 2.50. The van der Waals surface area contributed by atoms with E-state index in [0.717, 1.165) is 24.3 Å². The van der Waals surface area contributed by atoms with E-state index in [-0.39, 0.29) is 16.7 Å². The van der Waals surface area contributed by atoms with E-state index < -0.39 is 15.3 Å². The average Bonchev–Trinajstić information content (AvgIpc) is 3.63. The lowest BCUT2D eigenvalue weighted by Gasteiger charge is -2.35. The minimum atomic E-state index is -3.39. The zero-order valence-electron chi connectivity index (χ0n) is 18.7. The molecule has 1 aliphatic heterocycles.